The molecule has 2 N–H and O–H groups in total. The molecule has 0 saturated heterocycles. The normalized spacial score (nSPS) is 13.4. The largest absolute Gasteiger partial charge is 0.323 e. The van der Waals surface area contributed by atoms with E-state index in [0.717, 1.165) is 16.7 Å². The monoisotopic (exact) mass is 295 g/mol. The molecule has 102 valence electrons. The van der Waals surface area contributed by atoms with E-state index < -0.39 is 15.9 Å². The van der Waals surface area contributed by atoms with E-state index in [1.165, 1.54) is 11.3 Å². The maximum absolute atomic E-state index is 12.2. The third-order valence-corrected chi connectivity index (χ3v) is 6.29. The second-order valence-electron chi connectivity index (χ2n) is 4.68. The van der Waals surface area contributed by atoms with Crippen molar-refractivity contribution in [2.75, 3.05) is 5.75 Å². The Morgan fingerprint density at radius 3 is 2.63 bits per heavy atom. The van der Waals surface area contributed by atoms with Crippen LogP contribution in [-0.2, 0) is 9.84 Å². The molecule has 2 aromatic rings. The topological polar surface area (TPSA) is 60.2 Å². The molecule has 1 aromatic carbocycles. The Morgan fingerprint density at radius 2 is 2.00 bits per heavy atom. The molecule has 1 aromatic heterocycles. The molecule has 1 heterocycles. The molecule has 0 spiro atoms. The summed E-state index contributed by atoms with van der Waals surface area (Å²) in [6.07, 6.45) is 0. The highest BCUT2D eigenvalue weighted by atomic mass is 32.2. The fourth-order valence-electron chi connectivity index (χ4n) is 2.01. The lowest BCUT2D eigenvalue weighted by Crippen LogP contribution is -2.22. The number of nitrogens with two attached hydrogens (primary N) is 1. The average molecular weight is 295 g/mol. The number of aryl methyl sites for hydroxylation is 2. The minimum absolute atomic E-state index is 0.0577. The van der Waals surface area contributed by atoms with Gasteiger partial charge in [-0.15, -0.1) is 11.3 Å². The predicted molar refractivity (Wildman–Crippen MR) is 79.2 cm³/mol. The minimum atomic E-state index is -3.30. The lowest BCUT2D eigenvalue weighted by molar-refractivity contribution is 0.590. The molecule has 0 bridgehead atoms. The van der Waals surface area contributed by atoms with Gasteiger partial charge in [0.25, 0.3) is 0 Å². The van der Waals surface area contributed by atoms with Gasteiger partial charge in [0.15, 0.2) is 9.84 Å². The summed E-state index contributed by atoms with van der Waals surface area (Å²) in [6.45, 7) is 3.93. The van der Waals surface area contributed by atoms with Gasteiger partial charge in [-0.25, -0.2) is 8.42 Å². The van der Waals surface area contributed by atoms with E-state index in [0.29, 0.717) is 4.21 Å². The van der Waals surface area contributed by atoms with E-state index in [9.17, 15) is 8.42 Å². The van der Waals surface area contributed by atoms with Gasteiger partial charge in [-0.3, -0.25) is 0 Å². The lowest BCUT2D eigenvalue weighted by atomic mass is 10.0. The van der Waals surface area contributed by atoms with Crippen molar-refractivity contribution in [1.82, 2.24) is 0 Å². The molecule has 2 rings (SSSR count). The van der Waals surface area contributed by atoms with Crippen LogP contribution in [0.3, 0.4) is 0 Å². The molecular formula is C14H17NO2S2. The van der Waals surface area contributed by atoms with Crippen LogP contribution >= 0.6 is 11.3 Å². The first-order valence-corrected chi connectivity index (χ1v) is 8.52. The Kier molecular flexibility index (Phi) is 4.08. The van der Waals surface area contributed by atoms with E-state index in [2.05, 4.69) is 0 Å². The van der Waals surface area contributed by atoms with Gasteiger partial charge in [0.2, 0.25) is 0 Å². The summed E-state index contributed by atoms with van der Waals surface area (Å²) in [4.78, 5) is 0. The summed E-state index contributed by atoms with van der Waals surface area (Å²) >= 11 is 1.23. The highest BCUT2D eigenvalue weighted by Gasteiger charge is 2.21. The highest BCUT2D eigenvalue weighted by Crippen LogP contribution is 2.24. The standard InChI is InChI=1S/C14H17NO2S2/c1-10-5-6-11(2)12(8-10)13(15)9-19(16,17)14-4-3-7-18-14/h3-8,13H,9,15H2,1-2H3. The van der Waals surface area contributed by atoms with Crippen LogP contribution in [0.5, 0.6) is 0 Å². The molecule has 0 radical (unpaired) electrons. The molecule has 0 amide bonds. The van der Waals surface area contributed by atoms with Gasteiger partial charge in [0, 0.05) is 6.04 Å². The summed E-state index contributed by atoms with van der Waals surface area (Å²) in [5.74, 6) is -0.0577. The SMILES string of the molecule is Cc1ccc(C)c(C(N)CS(=O)(=O)c2cccs2)c1. The Labute approximate surface area is 118 Å². The molecule has 1 unspecified atom stereocenters. The number of hydrogen-bond donors (Lipinski definition) is 1. The number of sulfone groups is 1. The Hall–Kier alpha value is -1.17. The molecule has 5 heteroatoms. The molecule has 3 nitrogen and oxygen atoms in total. The lowest BCUT2D eigenvalue weighted by Gasteiger charge is -2.15. The maximum Gasteiger partial charge on any atom is 0.189 e. The van der Waals surface area contributed by atoms with Gasteiger partial charge in [0.1, 0.15) is 4.21 Å². The number of rotatable bonds is 4. The van der Waals surface area contributed by atoms with Crippen molar-refractivity contribution in [2.45, 2.75) is 24.1 Å². The molecule has 1 atom stereocenters. The van der Waals surface area contributed by atoms with Gasteiger partial charge in [0.05, 0.1) is 5.75 Å². The fraction of sp³-hybridized carbons (Fsp3) is 0.286. The smallest absolute Gasteiger partial charge is 0.189 e. The molecule has 0 aliphatic heterocycles. The zero-order chi connectivity index (χ0) is 14.0. The molecular weight excluding hydrogens is 278 g/mol. The summed E-state index contributed by atoms with van der Waals surface area (Å²) in [5.41, 5.74) is 9.10. The van der Waals surface area contributed by atoms with Gasteiger partial charge >= 0.3 is 0 Å². The number of hydrogen-bond acceptors (Lipinski definition) is 4. The second kappa shape index (κ2) is 5.45. The van der Waals surface area contributed by atoms with Gasteiger partial charge in [-0.2, -0.15) is 0 Å². The Balaban J connectivity index is 2.26. The average Bonchev–Trinajstić information content (AvgIpc) is 2.86. The molecule has 19 heavy (non-hydrogen) atoms. The minimum Gasteiger partial charge on any atom is -0.323 e. The van der Waals surface area contributed by atoms with Crippen LogP contribution in [0.1, 0.15) is 22.7 Å². The van der Waals surface area contributed by atoms with E-state index in [-0.39, 0.29) is 5.75 Å². The molecule has 0 aliphatic rings. The molecule has 0 saturated carbocycles. The number of benzene rings is 1. The van der Waals surface area contributed by atoms with Crippen LogP contribution in [0.2, 0.25) is 0 Å². The second-order valence-corrected chi connectivity index (χ2v) is 7.89. The predicted octanol–water partition coefficient (Wildman–Crippen LogP) is 2.84. The third-order valence-electron chi connectivity index (χ3n) is 3.03. The zero-order valence-corrected chi connectivity index (χ0v) is 12.6. The first-order chi connectivity index (χ1) is 8.90. The van der Waals surface area contributed by atoms with Crippen LogP contribution in [-0.4, -0.2) is 14.2 Å². The van der Waals surface area contributed by atoms with Crippen LogP contribution in [0.25, 0.3) is 0 Å². The zero-order valence-electron chi connectivity index (χ0n) is 11.0. The van der Waals surface area contributed by atoms with Crippen molar-refractivity contribution < 1.29 is 8.42 Å². The summed E-state index contributed by atoms with van der Waals surface area (Å²) in [6, 6.07) is 8.80. The molecule has 0 fully saturated rings. The van der Waals surface area contributed by atoms with Crippen molar-refractivity contribution >= 4 is 21.2 Å². The van der Waals surface area contributed by atoms with Crippen molar-refractivity contribution in [2.24, 2.45) is 5.73 Å². The van der Waals surface area contributed by atoms with E-state index in [1.807, 2.05) is 32.0 Å². The van der Waals surface area contributed by atoms with Gasteiger partial charge in [-0.05, 0) is 36.4 Å². The maximum atomic E-state index is 12.2. The molecule has 0 aliphatic carbocycles. The van der Waals surface area contributed by atoms with Crippen molar-refractivity contribution in [3.8, 4) is 0 Å². The van der Waals surface area contributed by atoms with Gasteiger partial charge in [-0.1, -0.05) is 29.8 Å². The quantitative estimate of drug-likeness (QED) is 0.943. The summed E-state index contributed by atoms with van der Waals surface area (Å²) < 4.78 is 24.8. The van der Waals surface area contributed by atoms with E-state index in [4.69, 9.17) is 5.73 Å². The summed E-state index contributed by atoms with van der Waals surface area (Å²) in [7, 11) is -3.30. The van der Waals surface area contributed by atoms with Crippen LogP contribution in [0.4, 0.5) is 0 Å². The Morgan fingerprint density at radius 1 is 1.26 bits per heavy atom. The van der Waals surface area contributed by atoms with Crippen molar-refractivity contribution in [3.63, 3.8) is 0 Å². The van der Waals surface area contributed by atoms with Crippen molar-refractivity contribution in [3.05, 3.63) is 52.4 Å². The number of thiophene rings is 1. The van der Waals surface area contributed by atoms with E-state index in [1.54, 1.807) is 17.5 Å². The van der Waals surface area contributed by atoms with Crippen LogP contribution < -0.4 is 5.73 Å². The van der Waals surface area contributed by atoms with E-state index >= 15 is 0 Å². The van der Waals surface area contributed by atoms with Crippen LogP contribution in [0, 0.1) is 13.8 Å². The Bertz CT molecular complexity index is 661. The van der Waals surface area contributed by atoms with Crippen LogP contribution in [0.15, 0.2) is 39.9 Å². The first-order valence-electron chi connectivity index (χ1n) is 5.99. The summed E-state index contributed by atoms with van der Waals surface area (Å²) in [5, 5.41) is 1.76. The fourth-order valence-corrected chi connectivity index (χ4v) is 4.52. The first kappa shape index (κ1) is 14.2. The third kappa shape index (κ3) is 3.23. The van der Waals surface area contributed by atoms with Crippen molar-refractivity contribution in [1.29, 1.82) is 0 Å². The van der Waals surface area contributed by atoms with Gasteiger partial charge < -0.3 is 5.73 Å². The highest BCUT2D eigenvalue weighted by molar-refractivity contribution is 7.93.